The van der Waals surface area contributed by atoms with Gasteiger partial charge in [0.1, 0.15) is 0 Å². The fourth-order valence-electron chi connectivity index (χ4n) is 1.56. The first-order valence-electron chi connectivity index (χ1n) is 5.44. The number of hydrogen-bond acceptors (Lipinski definition) is 0. The summed E-state index contributed by atoms with van der Waals surface area (Å²) in [5.74, 6) is 0.658. The number of rotatable bonds is 6. The molecule has 0 bridgehead atoms. The number of allylic oxidation sites excluding steroid dienone is 1. The Bertz CT molecular complexity index is 291. The van der Waals surface area contributed by atoms with E-state index in [1.54, 1.807) is 0 Å². The zero-order chi connectivity index (χ0) is 11.1. The molecule has 1 aromatic rings. The van der Waals surface area contributed by atoms with Crippen LogP contribution in [0.5, 0.6) is 0 Å². The SMILES string of the molecule is C=CC(C)(CCl)CCCc1ccccc1. The van der Waals surface area contributed by atoms with Crippen molar-refractivity contribution in [3.63, 3.8) is 0 Å². The van der Waals surface area contributed by atoms with E-state index in [-0.39, 0.29) is 5.41 Å². The van der Waals surface area contributed by atoms with Crippen LogP contribution in [-0.2, 0) is 6.42 Å². The van der Waals surface area contributed by atoms with Crippen LogP contribution in [0.2, 0.25) is 0 Å². The van der Waals surface area contributed by atoms with Crippen molar-refractivity contribution in [3.05, 3.63) is 48.6 Å². The Hall–Kier alpha value is -0.750. The van der Waals surface area contributed by atoms with Gasteiger partial charge in [0.25, 0.3) is 0 Å². The van der Waals surface area contributed by atoms with Crippen molar-refractivity contribution in [2.75, 3.05) is 5.88 Å². The zero-order valence-electron chi connectivity index (χ0n) is 9.38. The van der Waals surface area contributed by atoms with Crippen LogP contribution in [0, 0.1) is 5.41 Å². The van der Waals surface area contributed by atoms with E-state index in [4.69, 9.17) is 11.6 Å². The first kappa shape index (κ1) is 12.3. The van der Waals surface area contributed by atoms with Crippen molar-refractivity contribution in [1.29, 1.82) is 0 Å². The number of aryl methyl sites for hydroxylation is 1. The van der Waals surface area contributed by atoms with Crippen LogP contribution in [0.15, 0.2) is 43.0 Å². The first-order valence-corrected chi connectivity index (χ1v) is 5.97. The van der Waals surface area contributed by atoms with Gasteiger partial charge < -0.3 is 0 Å². The molecule has 0 N–H and O–H groups in total. The molecule has 0 fully saturated rings. The van der Waals surface area contributed by atoms with Crippen LogP contribution in [0.4, 0.5) is 0 Å². The second-order valence-electron chi connectivity index (χ2n) is 4.33. The topological polar surface area (TPSA) is 0 Å². The normalized spacial score (nSPS) is 14.5. The molecule has 15 heavy (non-hydrogen) atoms. The smallest absolute Gasteiger partial charge is 0.0311 e. The molecule has 1 atom stereocenters. The molecule has 0 heterocycles. The molecule has 1 unspecified atom stereocenters. The summed E-state index contributed by atoms with van der Waals surface area (Å²) in [6.45, 7) is 6.01. The lowest BCUT2D eigenvalue weighted by Crippen LogP contribution is -2.14. The standard InChI is InChI=1S/C14H19Cl/c1-3-14(2,12-15)11-7-10-13-8-5-4-6-9-13/h3-6,8-9H,1,7,10-12H2,2H3. The van der Waals surface area contributed by atoms with E-state index in [1.165, 1.54) is 12.0 Å². The van der Waals surface area contributed by atoms with Gasteiger partial charge in [-0.2, -0.15) is 0 Å². The van der Waals surface area contributed by atoms with E-state index >= 15 is 0 Å². The van der Waals surface area contributed by atoms with Crippen molar-refractivity contribution in [2.45, 2.75) is 26.2 Å². The predicted molar refractivity (Wildman–Crippen MR) is 68.4 cm³/mol. The van der Waals surface area contributed by atoms with Gasteiger partial charge in [-0.3, -0.25) is 0 Å². The fourth-order valence-corrected chi connectivity index (χ4v) is 1.81. The van der Waals surface area contributed by atoms with Crippen LogP contribution in [0.3, 0.4) is 0 Å². The summed E-state index contributed by atoms with van der Waals surface area (Å²) in [7, 11) is 0. The minimum Gasteiger partial charge on any atom is -0.126 e. The van der Waals surface area contributed by atoms with Gasteiger partial charge in [-0.05, 0) is 30.2 Å². The summed E-state index contributed by atoms with van der Waals surface area (Å²) < 4.78 is 0. The molecular weight excluding hydrogens is 204 g/mol. The summed E-state index contributed by atoms with van der Waals surface area (Å²) in [5.41, 5.74) is 1.49. The molecule has 0 spiro atoms. The first-order chi connectivity index (χ1) is 7.20. The second kappa shape index (κ2) is 5.97. The lowest BCUT2D eigenvalue weighted by Gasteiger charge is -2.22. The Labute approximate surface area is 98.0 Å². The minimum atomic E-state index is 0.0936. The molecule has 0 saturated heterocycles. The summed E-state index contributed by atoms with van der Waals surface area (Å²) >= 11 is 5.92. The number of hydrogen-bond donors (Lipinski definition) is 0. The molecule has 0 aliphatic carbocycles. The molecule has 0 radical (unpaired) electrons. The van der Waals surface area contributed by atoms with Crippen LogP contribution in [0.25, 0.3) is 0 Å². The predicted octanol–water partition coefficient (Wildman–Crippen LogP) is 4.44. The number of alkyl halides is 1. The Morgan fingerprint density at radius 2 is 2.00 bits per heavy atom. The lowest BCUT2D eigenvalue weighted by molar-refractivity contribution is 0.429. The highest BCUT2D eigenvalue weighted by Crippen LogP contribution is 2.26. The van der Waals surface area contributed by atoms with Crippen molar-refractivity contribution in [1.82, 2.24) is 0 Å². The summed E-state index contributed by atoms with van der Waals surface area (Å²) in [6, 6.07) is 10.6. The highest BCUT2D eigenvalue weighted by Gasteiger charge is 2.17. The average Bonchev–Trinajstić information content (AvgIpc) is 2.30. The van der Waals surface area contributed by atoms with Crippen molar-refractivity contribution < 1.29 is 0 Å². The maximum atomic E-state index is 5.92. The fraction of sp³-hybridized carbons (Fsp3) is 0.429. The molecule has 0 aliphatic heterocycles. The molecule has 0 aromatic heterocycles. The van der Waals surface area contributed by atoms with Crippen LogP contribution in [0.1, 0.15) is 25.3 Å². The third kappa shape index (κ3) is 4.09. The van der Waals surface area contributed by atoms with E-state index in [1.807, 2.05) is 6.08 Å². The van der Waals surface area contributed by atoms with Gasteiger partial charge in [-0.15, -0.1) is 18.2 Å². The third-order valence-electron chi connectivity index (χ3n) is 2.85. The summed E-state index contributed by atoms with van der Waals surface area (Å²) in [6.07, 6.45) is 5.38. The van der Waals surface area contributed by atoms with Crippen molar-refractivity contribution >= 4 is 11.6 Å². The average molecular weight is 223 g/mol. The van der Waals surface area contributed by atoms with Crippen LogP contribution >= 0.6 is 11.6 Å². The molecule has 0 amide bonds. The molecular formula is C14H19Cl. The second-order valence-corrected chi connectivity index (χ2v) is 4.60. The van der Waals surface area contributed by atoms with E-state index in [0.29, 0.717) is 5.88 Å². The summed E-state index contributed by atoms with van der Waals surface area (Å²) in [4.78, 5) is 0. The maximum Gasteiger partial charge on any atom is 0.0311 e. The van der Waals surface area contributed by atoms with E-state index in [0.717, 1.165) is 12.8 Å². The van der Waals surface area contributed by atoms with Gasteiger partial charge in [0.15, 0.2) is 0 Å². The van der Waals surface area contributed by atoms with Gasteiger partial charge in [0.2, 0.25) is 0 Å². The Balaban J connectivity index is 2.36. The van der Waals surface area contributed by atoms with E-state index in [9.17, 15) is 0 Å². The quantitative estimate of drug-likeness (QED) is 0.493. The number of benzene rings is 1. The lowest BCUT2D eigenvalue weighted by atomic mass is 9.86. The third-order valence-corrected chi connectivity index (χ3v) is 3.46. The van der Waals surface area contributed by atoms with Crippen LogP contribution in [-0.4, -0.2) is 5.88 Å². The molecule has 82 valence electrons. The Morgan fingerprint density at radius 1 is 1.33 bits per heavy atom. The Morgan fingerprint density at radius 3 is 2.53 bits per heavy atom. The molecule has 1 aromatic carbocycles. The highest BCUT2D eigenvalue weighted by atomic mass is 35.5. The molecule has 1 heteroatoms. The molecule has 0 aliphatic rings. The van der Waals surface area contributed by atoms with Crippen molar-refractivity contribution in [3.8, 4) is 0 Å². The highest BCUT2D eigenvalue weighted by molar-refractivity contribution is 6.18. The molecule has 0 nitrogen and oxygen atoms in total. The largest absolute Gasteiger partial charge is 0.126 e. The number of halogens is 1. The van der Waals surface area contributed by atoms with E-state index in [2.05, 4.69) is 43.8 Å². The van der Waals surface area contributed by atoms with E-state index < -0.39 is 0 Å². The zero-order valence-corrected chi connectivity index (χ0v) is 10.1. The van der Waals surface area contributed by atoms with Gasteiger partial charge in [-0.25, -0.2) is 0 Å². The minimum absolute atomic E-state index is 0.0936. The molecule has 1 rings (SSSR count). The van der Waals surface area contributed by atoms with Gasteiger partial charge >= 0.3 is 0 Å². The van der Waals surface area contributed by atoms with Crippen LogP contribution < -0.4 is 0 Å². The summed E-state index contributed by atoms with van der Waals surface area (Å²) in [5, 5.41) is 0. The maximum absolute atomic E-state index is 5.92. The van der Waals surface area contributed by atoms with Gasteiger partial charge in [0, 0.05) is 5.88 Å². The van der Waals surface area contributed by atoms with Gasteiger partial charge in [0.05, 0.1) is 0 Å². The van der Waals surface area contributed by atoms with Gasteiger partial charge in [-0.1, -0.05) is 43.3 Å². The molecule has 0 saturated carbocycles. The monoisotopic (exact) mass is 222 g/mol. The van der Waals surface area contributed by atoms with Crippen molar-refractivity contribution in [2.24, 2.45) is 5.41 Å². The Kier molecular flexibility index (Phi) is 4.90.